The average Bonchev–Trinajstić information content (AvgIpc) is 2.84. The predicted octanol–water partition coefficient (Wildman–Crippen LogP) is 3.64. The number of rotatable bonds is 6. The van der Waals surface area contributed by atoms with Crippen molar-refractivity contribution in [1.29, 1.82) is 0 Å². The zero-order valence-electron chi connectivity index (χ0n) is 13.9. The third-order valence-electron chi connectivity index (χ3n) is 3.75. The molecule has 120 valence electrons. The summed E-state index contributed by atoms with van der Waals surface area (Å²) in [5, 5.41) is 3.56. The molecule has 1 fully saturated rings. The normalized spacial score (nSPS) is 20.9. The monoisotopic (exact) mass is 310 g/mol. The number of hydrogen-bond acceptors (Lipinski definition) is 4. The van der Waals surface area contributed by atoms with Gasteiger partial charge in [-0.2, -0.15) is 0 Å². The smallest absolute Gasteiger partial charge is 0.0702 e. The van der Waals surface area contributed by atoms with Crippen LogP contribution in [0.3, 0.4) is 0 Å². The highest BCUT2D eigenvalue weighted by molar-refractivity contribution is 7.11. The molecule has 0 radical (unpaired) electrons. The number of piperidine rings is 1. The Morgan fingerprint density at radius 2 is 2.10 bits per heavy atom. The van der Waals surface area contributed by atoms with E-state index in [1.165, 1.54) is 29.1 Å². The number of thiophene rings is 1. The van der Waals surface area contributed by atoms with E-state index >= 15 is 0 Å². The molecule has 0 saturated carbocycles. The standard InChI is InChI=1S/C17H30N2OS/c1-5-20-14-7-6-10-19(12-14)13-16-9-8-15(21-16)11-18-17(2,3)4/h8-9,14,18H,5-7,10-13H2,1-4H3. The Hall–Kier alpha value is -0.420. The van der Waals surface area contributed by atoms with Crippen molar-refractivity contribution in [3.8, 4) is 0 Å². The highest BCUT2D eigenvalue weighted by Gasteiger charge is 2.20. The lowest BCUT2D eigenvalue weighted by Crippen LogP contribution is -2.39. The number of nitrogens with zero attached hydrogens (tertiary/aromatic N) is 1. The van der Waals surface area contributed by atoms with Gasteiger partial charge in [-0.3, -0.25) is 4.90 Å². The molecule has 1 unspecified atom stereocenters. The van der Waals surface area contributed by atoms with E-state index in [0.717, 1.165) is 26.2 Å². The van der Waals surface area contributed by atoms with Gasteiger partial charge in [0.1, 0.15) is 0 Å². The number of hydrogen-bond donors (Lipinski definition) is 1. The maximum Gasteiger partial charge on any atom is 0.0702 e. The van der Waals surface area contributed by atoms with Gasteiger partial charge >= 0.3 is 0 Å². The quantitative estimate of drug-likeness (QED) is 0.868. The third kappa shape index (κ3) is 6.07. The molecule has 1 saturated heterocycles. The molecule has 1 aliphatic rings. The van der Waals surface area contributed by atoms with Crippen molar-refractivity contribution >= 4 is 11.3 Å². The molecule has 2 rings (SSSR count). The molecular formula is C17H30N2OS. The maximum atomic E-state index is 5.78. The van der Waals surface area contributed by atoms with Crippen molar-refractivity contribution in [2.45, 2.75) is 65.3 Å². The predicted molar refractivity (Wildman–Crippen MR) is 90.8 cm³/mol. The van der Waals surface area contributed by atoms with Crippen molar-refractivity contribution in [1.82, 2.24) is 10.2 Å². The topological polar surface area (TPSA) is 24.5 Å². The van der Waals surface area contributed by atoms with Gasteiger partial charge in [0.05, 0.1) is 6.10 Å². The van der Waals surface area contributed by atoms with Gasteiger partial charge in [-0.15, -0.1) is 11.3 Å². The Morgan fingerprint density at radius 3 is 2.81 bits per heavy atom. The SMILES string of the molecule is CCOC1CCCN(Cc2ccc(CNC(C)(C)C)s2)C1. The minimum absolute atomic E-state index is 0.182. The van der Waals surface area contributed by atoms with E-state index in [1.54, 1.807) is 0 Å². The molecular weight excluding hydrogens is 280 g/mol. The molecule has 4 heteroatoms. The molecule has 0 amide bonds. The van der Waals surface area contributed by atoms with Gasteiger partial charge in [0.2, 0.25) is 0 Å². The van der Waals surface area contributed by atoms with Gasteiger partial charge in [0.25, 0.3) is 0 Å². The molecule has 1 aliphatic heterocycles. The Labute approximate surface area is 133 Å². The van der Waals surface area contributed by atoms with Crippen molar-refractivity contribution in [2.75, 3.05) is 19.7 Å². The minimum Gasteiger partial charge on any atom is -0.377 e. The van der Waals surface area contributed by atoms with Crippen LogP contribution in [-0.4, -0.2) is 36.2 Å². The van der Waals surface area contributed by atoms with Crippen molar-refractivity contribution < 1.29 is 4.74 Å². The van der Waals surface area contributed by atoms with Crippen LogP contribution in [0.15, 0.2) is 12.1 Å². The second-order valence-corrected chi connectivity index (χ2v) is 8.18. The lowest BCUT2D eigenvalue weighted by Gasteiger charge is -2.32. The van der Waals surface area contributed by atoms with Crippen LogP contribution in [-0.2, 0) is 17.8 Å². The van der Waals surface area contributed by atoms with Gasteiger partial charge in [-0.25, -0.2) is 0 Å². The van der Waals surface area contributed by atoms with Gasteiger partial charge in [0.15, 0.2) is 0 Å². The number of likely N-dealkylation sites (tertiary alicyclic amines) is 1. The highest BCUT2D eigenvalue weighted by atomic mass is 32.1. The van der Waals surface area contributed by atoms with Crippen LogP contribution in [0.1, 0.15) is 50.3 Å². The maximum absolute atomic E-state index is 5.78. The van der Waals surface area contributed by atoms with Gasteiger partial charge in [0, 0.05) is 41.5 Å². The van der Waals surface area contributed by atoms with E-state index in [-0.39, 0.29) is 5.54 Å². The molecule has 1 aromatic rings. The first-order valence-corrected chi connectivity index (χ1v) is 8.94. The summed E-state index contributed by atoms with van der Waals surface area (Å²) in [4.78, 5) is 5.44. The molecule has 1 atom stereocenters. The number of nitrogens with one attached hydrogen (secondary N) is 1. The van der Waals surface area contributed by atoms with Gasteiger partial charge in [-0.05, 0) is 59.2 Å². The summed E-state index contributed by atoms with van der Waals surface area (Å²) in [6, 6.07) is 4.55. The van der Waals surface area contributed by atoms with Crippen LogP contribution in [0.4, 0.5) is 0 Å². The van der Waals surface area contributed by atoms with E-state index in [0.29, 0.717) is 6.10 Å². The van der Waals surface area contributed by atoms with E-state index in [2.05, 4.69) is 50.0 Å². The van der Waals surface area contributed by atoms with Crippen molar-refractivity contribution in [3.05, 3.63) is 21.9 Å². The largest absolute Gasteiger partial charge is 0.377 e. The molecule has 2 heterocycles. The fraction of sp³-hybridized carbons (Fsp3) is 0.765. The van der Waals surface area contributed by atoms with Crippen LogP contribution in [0.25, 0.3) is 0 Å². The molecule has 3 nitrogen and oxygen atoms in total. The Kier molecular flexibility index (Phi) is 6.23. The van der Waals surface area contributed by atoms with E-state index in [9.17, 15) is 0 Å². The summed E-state index contributed by atoms with van der Waals surface area (Å²) in [5.74, 6) is 0. The zero-order chi connectivity index (χ0) is 15.3. The fourth-order valence-electron chi connectivity index (χ4n) is 2.70. The molecule has 21 heavy (non-hydrogen) atoms. The lowest BCUT2D eigenvalue weighted by atomic mass is 10.1. The molecule has 1 N–H and O–H groups in total. The Balaban J connectivity index is 1.81. The van der Waals surface area contributed by atoms with E-state index < -0.39 is 0 Å². The molecule has 0 aromatic carbocycles. The summed E-state index contributed by atoms with van der Waals surface area (Å²) >= 11 is 1.94. The fourth-order valence-corrected chi connectivity index (χ4v) is 3.70. The van der Waals surface area contributed by atoms with E-state index in [4.69, 9.17) is 4.74 Å². The summed E-state index contributed by atoms with van der Waals surface area (Å²) in [7, 11) is 0. The summed E-state index contributed by atoms with van der Waals surface area (Å²) in [5.41, 5.74) is 0.182. The second-order valence-electron chi connectivity index (χ2n) is 6.93. The van der Waals surface area contributed by atoms with Crippen LogP contribution in [0.2, 0.25) is 0 Å². The molecule has 0 spiro atoms. The molecule has 0 aliphatic carbocycles. The average molecular weight is 311 g/mol. The molecule has 1 aromatic heterocycles. The van der Waals surface area contributed by atoms with Crippen LogP contribution in [0, 0.1) is 0 Å². The Bertz CT molecular complexity index is 423. The van der Waals surface area contributed by atoms with Crippen LogP contribution in [0.5, 0.6) is 0 Å². The second kappa shape index (κ2) is 7.73. The highest BCUT2D eigenvalue weighted by Crippen LogP contribution is 2.22. The van der Waals surface area contributed by atoms with Crippen molar-refractivity contribution in [2.24, 2.45) is 0 Å². The number of ether oxygens (including phenoxy) is 1. The summed E-state index contributed by atoms with van der Waals surface area (Å²) in [6.45, 7) is 13.9. The Morgan fingerprint density at radius 1 is 1.33 bits per heavy atom. The van der Waals surface area contributed by atoms with Crippen LogP contribution >= 0.6 is 11.3 Å². The zero-order valence-corrected chi connectivity index (χ0v) is 14.8. The minimum atomic E-state index is 0.182. The summed E-state index contributed by atoms with van der Waals surface area (Å²) in [6.07, 6.45) is 2.91. The first-order chi connectivity index (χ1) is 9.96. The van der Waals surface area contributed by atoms with E-state index in [1.807, 2.05) is 11.3 Å². The van der Waals surface area contributed by atoms with Crippen molar-refractivity contribution in [3.63, 3.8) is 0 Å². The summed E-state index contributed by atoms with van der Waals surface area (Å²) < 4.78 is 5.78. The van der Waals surface area contributed by atoms with Gasteiger partial charge in [-0.1, -0.05) is 0 Å². The van der Waals surface area contributed by atoms with Crippen LogP contribution < -0.4 is 5.32 Å². The molecule has 0 bridgehead atoms. The lowest BCUT2D eigenvalue weighted by molar-refractivity contribution is 0.00390. The van der Waals surface area contributed by atoms with Gasteiger partial charge < -0.3 is 10.1 Å². The first kappa shape index (κ1) is 16.9. The third-order valence-corrected chi connectivity index (χ3v) is 4.82. The first-order valence-electron chi connectivity index (χ1n) is 8.13.